The van der Waals surface area contributed by atoms with E-state index in [1.54, 1.807) is 20.3 Å². The van der Waals surface area contributed by atoms with Crippen LogP contribution in [0.15, 0.2) is 59.7 Å². The van der Waals surface area contributed by atoms with E-state index in [-0.39, 0.29) is 6.04 Å². The molecule has 3 aromatic rings. The fraction of sp³-hybridized carbons (Fsp3) is 0.208. The number of halogens is 3. The summed E-state index contributed by atoms with van der Waals surface area (Å²) in [7, 11) is 3.23. The molecule has 3 aromatic carbocycles. The Morgan fingerprint density at radius 2 is 1.75 bits per heavy atom. The molecule has 8 heteroatoms. The summed E-state index contributed by atoms with van der Waals surface area (Å²) in [5.41, 5.74) is 3.63. The van der Waals surface area contributed by atoms with Gasteiger partial charge in [-0.05, 0) is 42.5 Å². The first-order valence-electron chi connectivity index (χ1n) is 9.97. The number of methoxy groups -OCH3 is 2. The molecule has 0 radical (unpaired) electrons. The molecule has 5 rings (SSSR count). The highest BCUT2D eigenvalue weighted by Gasteiger charge is 2.42. The fourth-order valence-corrected chi connectivity index (χ4v) is 4.94. The molecule has 0 aliphatic carbocycles. The monoisotopic (exact) mass is 488 g/mol. The molecule has 0 saturated carbocycles. The van der Waals surface area contributed by atoms with Crippen LogP contribution in [-0.2, 0) is 0 Å². The van der Waals surface area contributed by atoms with Crippen LogP contribution in [0.1, 0.15) is 35.4 Å². The molecular formula is C24H19Cl3N2O3. The minimum Gasteiger partial charge on any atom is -0.493 e. The van der Waals surface area contributed by atoms with Gasteiger partial charge in [0.05, 0.1) is 31.0 Å². The minimum atomic E-state index is -0.484. The Morgan fingerprint density at radius 1 is 0.938 bits per heavy atom. The summed E-state index contributed by atoms with van der Waals surface area (Å²) >= 11 is 19.1. The predicted octanol–water partition coefficient (Wildman–Crippen LogP) is 6.91. The number of benzene rings is 3. The lowest BCUT2D eigenvalue weighted by atomic mass is 9.95. The highest BCUT2D eigenvalue weighted by Crippen LogP contribution is 2.51. The maximum absolute atomic E-state index is 6.53. The number of hydrogen-bond donors (Lipinski definition) is 0. The van der Waals surface area contributed by atoms with Crippen LogP contribution >= 0.6 is 34.8 Å². The quantitative estimate of drug-likeness (QED) is 0.399. The van der Waals surface area contributed by atoms with Gasteiger partial charge in [-0.3, -0.25) is 0 Å². The Labute approximate surface area is 201 Å². The number of rotatable bonds is 4. The van der Waals surface area contributed by atoms with Gasteiger partial charge in [-0.15, -0.1) is 0 Å². The lowest BCUT2D eigenvalue weighted by molar-refractivity contribution is -0.0189. The molecule has 0 saturated heterocycles. The molecule has 164 valence electrons. The Hall–Kier alpha value is -2.60. The van der Waals surface area contributed by atoms with Crippen LogP contribution in [0.3, 0.4) is 0 Å². The number of hydrazone groups is 1. The van der Waals surface area contributed by atoms with E-state index in [2.05, 4.69) is 0 Å². The van der Waals surface area contributed by atoms with E-state index in [0.29, 0.717) is 38.7 Å². The average molecular weight is 490 g/mol. The van der Waals surface area contributed by atoms with Gasteiger partial charge in [0.25, 0.3) is 0 Å². The van der Waals surface area contributed by atoms with E-state index < -0.39 is 6.23 Å². The second-order valence-electron chi connectivity index (χ2n) is 7.55. The molecule has 0 aromatic heterocycles. The standard InChI is InChI=1S/C24H19Cl3N2O3/c1-30-21-7-6-13(9-22(21)31-2)19-12-20-17-10-16(26)11-18(27)23(17)32-24(29(20)28-19)14-4-3-5-15(25)8-14/h3-11,20,24H,12H2,1-2H3/t20-,24-/m0/s1. The summed E-state index contributed by atoms with van der Waals surface area (Å²) in [6, 6.07) is 16.8. The van der Waals surface area contributed by atoms with Crippen molar-refractivity contribution in [1.82, 2.24) is 5.01 Å². The molecule has 0 bridgehead atoms. The van der Waals surface area contributed by atoms with Crippen molar-refractivity contribution in [2.24, 2.45) is 5.10 Å². The van der Waals surface area contributed by atoms with Gasteiger partial charge >= 0.3 is 0 Å². The largest absolute Gasteiger partial charge is 0.493 e. The van der Waals surface area contributed by atoms with Gasteiger partial charge in [-0.1, -0.05) is 46.9 Å². The van der Waals surface area contributed by atoms with Gasteiger partial charge in [-0.25, -0.2) is 5.01 Å². The molecule has 5 nitrogen and oxygen atoms in total. The van der Waals surface area contributed by atoms with Crippen molar-refractivity contribution < 1.29 is 14.2 Å². The van der Waals surface area contributed by atoms with Gasteiger partial charge in [0, 0.05) is 33.2 Å². The third-order valence-corrected chi connectivity index (χ3v) is 6.39. The molecule has 0 N–H and O–H groups in total. The van der Waals surface area contributed by atoms with Gasteiger partial charge in [0.2, 0.25) is 6.23 Å². The predicted molar refractivity (Wildman–Crippen MR) is 127 cm³/mol. The van der Waals surface area contributed by atoms with Crippen molar-refractivity contribution in [2.75, 3.05) is 14.2 Å². The van der Waals surface area contributed by atoms with Crippen LogP contribution in [0.25, 0.3) is 0 Å². The smallest absolute Gasteiger partial charge is 0.214 e. The first-order chi connectivity index (χ1) is 15.5. The van der Waals surface area contributed by atoms with Crippen LogP contribution in [0, 0.1) is 0 Å². The van der Waals surface area contributed by atoms with E-state index >= 15 is 0 Å². The van der Waals surface area contributed by atoms with Crippen molar-refractivity contribution in [3.8, 4) is 17.2 Å². The maximum Gasteiger partial charge on any atom is 0.214 e. The van der Waals surface area contributed by atoms with Gasteiger partial charge < -0.3 is 14.2 Å². The summed E-state index contributed by atoms with van der Waals surface area (Å²) < 4.78 is 17.2. The third kappa shape index (κ3) is 3.64. The van der Waals surface area contributed by atoms with E-state index in [0.717, 1.165) is 22.4 Å². The first-order valence-corrected chi connectivity index (χ1v) is 11.1. The Kier molecular flexibility index (Phi) is 5.58. The van der Waals surface area contributed by atoms with Crippen molar-refractivity contribution in [2.45, 2.75) is 18.7 Å². The zero-order valence-corrected chi connectivity index (χ0v) is 19.6. The molecule has 2 aliphatic rings. The molecular weight excluding hydrogens is 471 g/mol. The number of hydrogen-bond acceptors (Lipinski definition) is 5. The normalized spacial score (nSPS) is 19.0. The SMILES string of the molecule is COc1ccc(C2=NN3[C@@H](C2)c2cc(Cl)cc(Cl)c2O[C@H]3c2cccc(Cl)c2)cc1OC. The molecule has 32 heavy (non-hydrogen) atoms. The van der Waals surface area contributed by atoms with Crippen LogP contribution in [0.4, 0.5) is 0 Å². The topological polar surface area (TPSA) is 43.3 Å². The lowest BCUT2D eigenvalue weighted by Crippen LogP contribution is -2.33. The van der Waals surface area contributed by atoms with Gasteiger partial charge in [0.15, 0.2) is 11.5 Å². The summed E-state index contributed by atoms with van der Waals surface area (Å²) in [6.07, 6.45) is 0.169. The van der Waals surface area contributed by atoms with E-state index in [9.17, 15) is 0 Å². The third-order valence-electron chi connectivity index (χ3n) is 5.66. The molecule has 2 atom stereocenters. The summed E-state index contributed by atoms with van der Waals surface area (Å²) in [4.78, 5) is 0. The summed E-state index contributed by atoms with van der Waals surface area (Å²) in [6.45, 7) is 0. The Balaban J connectivity index is 1.62. The van der Waals surface area contributed by atoms with Crippen molar-refractivity contribution in [3.05, 3.63) is 86.4 Å². The highest BCUT2D eigenvalue weighted by atomic mass is 35.5. The molecule has 0 unspecified atom stereocenters. The lowest BCUT2D eigenvalue weighted by Gasteiger charge is -2.38. The number of ether oxygens (including phenoxy) is 3. The molecule has 0 amide bonds. The molecule has 2 heterocycles. The second-order valence-corrected chi connectivity index (χ2v) is 8.83. The number of nitrogens with zero attached hydrogens (tertiary/aromatic N) is 2. The summed E-state index contributed by atoms with van der Waals surface area (Å²) in [5, 5.41) is 8.56. The van der Waals surface area contributed by atoms with Crippen LogP contribution in [0.5, 0.6) is 17.2 Å². The fourth-order valence-electron chi connectivity index (χ4n) is 4.18. The molecule has 0 spiro atoms. The van der Waals surface area contributed by atoms with Crippen LogP contribution in [-0.4, -0.2) is 24.9 Å². The highest BCUT2D eigenvalue weighted by molar-refractivity contribution is 6.35. The van der Waals surface area contributed by atoms with E-state index in [1.165, 1.54) is 0 Å². The Morgan fingerprint density at radius 3 is 2.50 bits per heavy atom. The molecule has 0 fully saturated rings. The van der Waals surface area contributed by atoms with Crippen molar-refractivity contribution >= 4 is 40.5 Å². The zero-order valence-electron chi connectivity index (χ0n) is 17.3. The summed E-state index contributed by atoms with van der Waals surface area (Å²) in [5.74, 6) is 1.93. The van der Waals surface area contributed by atoms with Gasteiger partial charge in [0.1, 0.15) is 5.75 Å². The Bertz CT molecular complexity index is 1230. The van der Waals surface area contributed by atoms with Crippen LogP contribution < -0.4 is 14.2 Å². The minimum absolute atomic E-state index is 0.0953. The van der Waals surface area contributed by atoms with E-state index in [4.69, 9.17) is 54.1 Å². The second kappa shape index (κ2) is 8.39. The number of fused-ring (bicyclic) bond motifs is 3. The van der Waals surface area contributed by atoms with Crippen LogP contribution in [0.2, 0.25) is 15.1 Å². The average Bonchev–Trinajstić information content (AvgIpc) is 3.24. The van der Waals surface area contributed by atoms with E-state index in [1.807, 2.05) is 53.5 Å². The van der Waals surface area contributed by atoms with Crippen molar-refractivity contribution in [1.29, 1.82) is 0 Å². The van der Waals surface area contributed by atoms with Crippen molar-refractivity contribution in [3.63, 3.8) is 0 Å². The first kappa shape index (κ1) is 21.3. The molecule has 2 aliphatic heterocycles. The zero-order chi connectivity index (χ0) is 22.4. The maximum atomic E-state index is 6.53. The van der Waals surface area contributed by atoms with Gasteiger partial charge in [-0.2, -0.15) is 5.10 Å².